The van der Waals surface area contributed by atoms with E-state index in [-0.39, 0.29) is 34.2 Å². The molecule has 1 aromatic carbocycles. The zero-order chi connectivity index (χ0) is 19.7. The second-order valence-corrected chi connectivity index (χ2v) is 6.20. The highest BCUT2D eigenvalue weighted by Crippen LogP contribution is 2.34. The van der Waals surface area contributed by atoms with E-state index < -0.39 is 11.8 Å². The fourth-order valence-electron chi connectivity index (χ4n) is 2.63. The molecule has 0 bridgehead atoms. The van der Waals surface area contributed by atoms with Gasteiger partial charge >= 0.3 is 5.97 Å². The highest BCUT2D eigenvalue weighted by Gasteiger charge is 2.26. The van der Waals surface area contributed by atoms with E-state index in [2.05, 4.69) is 10.3 Å². The Kier molecular flexibility index (Phi) is 4.70. The molecule has 4 rings (SSSR count). The smallest absolute Gasteiger partial charge is 0.344 e. The van der Waals surface area contributed by atoms with Gasteiger partial charge in [0.15, 0.2) is 5.76 Å². The third-order valence-corrected chi connectivity index (χ3v) is 4.26. The van der Waals surface area contributed by atoms with Crippen molar-refractivity contribution in [1.82, 2.24) is 10.3 Å². The molecule has 0 radical (unpaired) electrons. The fourth-order valence-corrected chi connectivity index (χ4v) is 2.89. The van der Waals surface area contributed by atoms with Crippen LogP contribution in [-0.2, 0) is 11.3 Å². The second kappa shape index (κ2) is 7.32. The summed E-state index contributed by atoms with van der Waals surface area (Å²) in [7, 11) is 0. The first-order valence-electron chi connectivity index (χ1n) is 8.12. The molecule has 3 aromatic heterocycles. The Hall–Kier alpha value is -3.39. The number of ether oxygens (including phenoxy) is 1. The number of hydrogen-bond acceptors (Lipinski definition) is 7. The van der Waals surface area contributed by atoms with Gasteiger partial charge in [-0.05, 0) is 31.2 Å². The summed E-state index contributed by atoms with van der Waals surface area (Å²) in [4.78, 5) is 12.6. The van der Waals surface area contributed by atoms with Crippen LogP contribution in [0.1, 0.15) is 21.8 Å². The number of carbonyl (C=O) groups is 1. The van der Waals surface area contributed by atoms with E-state index in [4.69, 9.17) is 29.8 Å². The number of aromatic nitrogens is 2. The molecule has 9 heteroatoms. The maximum atomic E-state index is 14.2. The molecule has 3 heterocycles. The molecule has 4 aromatic rings. The predicted molar refractivity (Wildman–Crippen MR) is 95.0 cm³/mol. The van der Waals surface area contributed by atoms with Gasteiger partial charge in [0, 0.05) is 6.07 Å². The maximum Gasteiger partial charge on any atom is 0.344 e. The molecule has 0 aliphatic carbocycles. The Labute approximate surface area is 162 Å². The van der Waals surface area contributed by atoms with Crippen LogP contribution >= 0.6 is 11.6 Å². The van der Waals surface area contributed by atoms with E-state index in [1.807, 2.05) is 0 Å². The van der Waals surface area contributed by atoms with Crippen LogP contribution in [0.15, 0.2) is 56.1 Å². The highest BCUT2D eigenvalue weighted by atomic mass is 35.5. The zero-order valence-corrected chi connectivity index (χ0v) is 15.2. The van der Waals surface area contributed by atoms with Gasteiger partial charge in [-0.2, -0.15) is 0 Å². The number of benzene rings is 1. The Balaban J connectivity index is 1.56. The summed E-state index contributed by atoms with van der Waals surface area (Å²) >= 11 is 6.07. The lowest BCUT2D eigenvalue weighted by molar-refractivity contribution is 0.0463. The van der Waals surface area contributed by atoms with Gasteiger partial charge in [-0.15, -0.1) is 0 Å². The fraction of sp³-hybridized carbons (Fsp3) is 0.105. The summed E-state index contributed by atoms with van der Waals surface area (Å²) in [5.41, 5.74) is 0.303. The van der Waals surface area contributed by atoms with Crippen LogP contribution in [0.2, 0.25) is 5.02 Å². The quantitative estimate of drug-likeness (QED) is 0.431. The third kappa shape index (κ3) is 3.29. The summed E-state index contributed by atoms with van der Waals surface area (Å²) in [6.07, 6.45) is 1.50. The topological polar surface area (TPSA) is 91.5 Å². The monoisotopic (exact) mass is 402 g/mol. The Morgan fingerprint density at radius 2 is 2.04 bits per heavy atom. The van der Waals surface area contributed by atoms with Crippen molar-refractivity contribution >= 4 is 17.6 Å². The molecule has 28 heavy (non-hydrogen) atoms. The molecule has 0 aliphatic rings. The zero-order valence-electron chi connectivity index (χ0n) is 14.4. The van der Waals surface area contributed by atoms with E-state index in [0.29, 0.717) is 17.2 Å². The average Bonchev–Trinajstić information content (AvgIpc) is 3.40. The van der Waals surface area contributed by atoms with Gasteiger partial charge in [0.2, 0.25) is 5.76 Å². The highest BCUT2D eigenvalue weighted by molar-refractivity contribution is 6.33. The van der Waals surface area contributed by atoms with Crippen LogP contribution in [0.3, 0.4) is 0 Å². The summed E-state index contributed by atoms with van der Waals surface area (Å²) in [6.45, 7) is 1.35. The number of furan rings is 1. The third-order valence-electron chi connectivity index (χ3n) is 3.94. The average molecular weight is 403 g/mol. The summed E-state index contributed by atoms with van der Waals surface area (Å²) in [5.74, 6) is -0.312. The molecule has 7 nitrogen and oxygen atoms in total. The molecule has 0 amide bonds. The van der Waals surface area contributed by atoms with Crippen molar-refractivity contribution in [2.75, 3.05) is 0 Å². The second-order valence-electron chi connectivity index (χ2n) is 5.79. The molecule has 0 fully saturated rings. The van der Waals surface area contributed by atoms with Crippen molar-refractivity contribution in [3.8, 4) is 22.8 Å². The van der Waals surface area contributed by atoms with E-state index in [1.165, 1.54) is 31.4 Å². The van der Waals surface area contributed by atoms with Crippen LogP contribution in [0.4, 0.5) is 4.39 Å². The van der Waals surface area contributed by atoms with Crippen LogP contribution < -0.4 is 0 Å². The van der Waals surface area contributed by atoms with Crippen molar-refractivity contribution in [3.05, 3.63) is 70.5 Å². The summed E-state index contributed by atoms with van der Waals surface area (Å²) in [6, 6.07) is 9.16. The molecule has 142 valence electrons. The number of carbonyl (C=O) groups excluding carboxylic acids is 1. The lowest BCUT2D eigenvalue weighted by Gasteiger charge is -2.06. The van der Waals surface area contributed by atoms with Crippen LogP contribution in [0.5, 0.6) is 0 Å². The first-order chi connectivity index (χ1) is 13.5. The van der Waals surface area contributed by atoms with Gasteiger partial charge < -0.3 is 18.2 Å². The first kappa shape index (κ1) is 18.0. The van der Waals surface area contributed by atoms with Gasteiger partial charge in [0.25, 0.3) is 0 Å². The van der Waals surface area contributed by atoms with Crippen molar-refractivity contribution in [1.29, 1.82) is 0 Å². The van der Waals surface area contributed by atoms with Crippen molar-refractivity contribution in [3.63, 3.8) is 0 Å². The predicted octanol–water partition coefficient (Wildman–Crippen LogP) is 5.05. The number of hydrogen-bond donors (Lipinski definition) is 0. The first-order valence-corrected chi connectivity index (χ1v) is 8.49. The van der Waals surface area contributed by atoms with E-state index in [0.717, 1.165) is 0 Å². The molecule has 0 aliphatic heterocycles. The normalized spacial score (nSPS) is 11.0. The van der Waals surface area contributed by atoms with Crippen LogP contribution in [0, 0.1) is 12.7 Å². The molecular formula is C19H12ClFN2O5. The maximum absolute atomic E-state index is 14.2. The minimum Gasteiger partial charge on any atom is -0.461 e. The number of nitrogens with zero attached hydrogens (tertiary/aromatic N) is 2. The van der Waals surface area contributed by atoms with E-state index >= 15 is 0 Å². The van der Waals surface area contributed by atoms with Gasteiger partial charge in [0.05, 0.1) is 16.8 Å². The van der Waals surface area contributed by atoms with Crippen molar-refractivity contribution in [2.24, 2.45) is 0 Å². The molecule has 0 unspecified atom stereocenters. The Morgan fingerprint density at radius 1 is 1.18 bits per heavy atom. The van der Waals surface area contributed by atoms with Crippen molar-refractivity contribution < 1.29 is 27.4 Å². The van der Waals surface area contributed by atoms with Gasteiger partial charge in [-0.1, -0.05) is 28.0 Å². The number of halogens is 2. The molecule has 0 saturated heterocycles. The Morgan fingerprint density at radius 3 is 2.79 bits per heavy atom. The minimum absolute atomic E-state index is 0.0123. The standard InChI is InChI=1S/C19H12ClFN2O5/c1-10-16(18(23-27-10)17-12(20)4-2-5-13(17)21)19(24)26-9-11-8-15(28-22-11)14-6-3-7-25-14/h2-8H,9H2,1H3. The summed E-state index contributed by atoms with van der Waals surface area (Å²) in [5, 5.41) is 7.70. The lowest BCUT2D eigenvalue weighted by Crippen LogP contribution is -2.08. The number of aryl methyl sites for hydroxylation is 1. The van der Waals surface area contributed by atoms with Gasteiger partial charge in [0.1, 0.15) is 35.1 Å². The van der Waals surface area contributed by atoms with Gasteiger partial charge in [-0.3, -0.25) is 0 Å². The van der Waals surface area contributed by atoms with Gasteiger partial charge in [-0.25, -0.2) is 9.18 Å². The number of esters is 1. The Bertz CT molecular complexity index is 1110. The van der Waals surface area contributed by atoms with Crippen LogP contribution in [0.25, 0.3) is 22.8 Å². The lowest BCUT2D eigenvalue weighted by atomic mass is 10.1. The minimum atomic E-state index is -0.754. The SMILES string of the molecule is Cc1onc(-c2c(F)cccc2Cl)c1C(=O)OCc1cc(-c2ccco2)on1. The van der Waals surface area contributed by atoms with E-state index in [9.17, 15) is 9.18 Å². The molecule has 0 spiro atoms. The van der Waals surface area contributed by atoms with Crippen LogP contribution in [-0.4, -0.2) is 16.3 Å². The largest absolute Gasteiger partial charge is 0.461 e. The molecular weight excluding hydrogens is 391 g/mol. The molecule has 0 atom stereocenters. The molecule has 0 N–H and O–H groups in total. The number of rotatable bonds is 5. The van der Waals surface area contributed by atoms with E-state index in [1.54, 1.807) is 18.2 Å². The summed E-state index contributed by atoms with van der Waals surface area (Å²) < 4.78 is 34.9. The van der Waals surface area contributed by atoms with Crippen molar-refractivity contribution in [2.45, 2.75) is 13.5 Å². The molecule has 0 saturated carbocycles.